The van der Waals surface area contributed by atoms with Crippen molar-refractivity contribution in [3.63, 3.8) is 0 Å². The van der Waals surface area contributed by atoms with Crippen molar-refractivity contribution in [2.75, 3.05) is 7.05 Å². The monoisotopic (exact) mass is 240 g/mol. The lowest BCUT2D eigenvalue weighted by molar-refractivity contribution is 0.0952. The van der Waals surface area contributed by atoms with Crippen molar-refractivity contribution in [2.45, 2.75) is 31.8 Å². The molecule has 0 aromatic carbocycles. The Labute approximate surface area is 98.6 Å². The second-order valence-corrected chi connectivity index (χ2v) is 4.98. The number of amides is 1. The van der Waals surface area contributed by atoms with Crippen LogP contribution >= 0.6 is 11.3 Å². The van der Waals surface area contributed by atoms with E-state index in [0.717, 1.165) is 12.2 Å². The summed E-state index contributed by atoms with van der Waals surface area (Å²) in [6.45, 7) is 0.805. The molecule has 3 N–H and O–H groups in total. The first kappa shape index (κ1) is 11.5. The Morgan fingerprint density at radius 1 is 1.75 bits per heavy atom. The second-order valence-electron chi connectivity index (χ2n) is 4.12. The van der Waals surface area contributed by atoms with Gasteiger partial charge >= 0.3 is 0 Å². The minimum atomic E-state index is -0.317. The molecule has 0 radical (unpaired) electrons. The van der Waals surface area contributed by atoms with Crippen LogP contribution in [0.5, 0.6) is 0 Å². The molecule has 16 heavy (non-hydrogen) atoms. The highest BCUT2D eigenvalue weighted by Gasteiger charge is 2.22. The molecule has 1 heterocycles. The SMILES string of the molecule is CN(Cc1csc(C(=O)NN)n1)C1CCC1. The maximum Gasteiger partial charge on any atom is 0.294 e. The average Bonchev–Trinajstić information content (AvgIpc) is 2.62. The first-order valence-electron chi connectivity index (χ1n) is 5.36. The number of hydrogen-bond acceptors (Lipinski definition) is 5. The Hall–Kier alpha value is -0.980. The Morgan fingerprint density at radius 3 is 3.06 bits per heavy atom. The third-order valence-electron chi connectivity index (χ3n) is 2.99. The Bertz CT molecular complexity index is 375. The minimum absolute atomic E-state index is 0.317. The molecule has 0 atom stereocenters. The lowest BCUT2D eigenvalue weighted by Crippen LogP contribution is -2.36. The van der Waals surface area contributed by atoms with Gasteiger partial charge in [-0.1, -0.05) is 6.42 Å². The highest BCUT2D eigenvalue weighted by atomic mass is 32.1. The van der Waals surface area contributed by atoms with E-state index in [0.29, 0.717) is 11.0 Å². The van der Waals surface area contributed by atoms with Gasteiger partial charge in [-0.25, -0.2) is 10.8 Å². The summed E-state index contributed by atoms with van der Waals surface area (Å²) in [5.41, 5.74) is 3.03. The quantitative estimate of drug-likeness (QED) is 0.462. The number of nitrogen functional groups attached to an aromatic ring is 1. The van der Waals surface area contributed by atoms with Gasteiger partial charge in [-0.05, 0) is 19.9 Å². The number of nitrogens with one attached hydrogen (secondary N) is 1. The molecule has 0 saturated heterocycles. The van der Waals surface area contributed by atoms with E-state index < -0.39 is 0 Å². The number of hydrazine groups is 1. The van der Waals surface area contributed by atoms with E-state index in [1.807, 2.05) is 5.38 Å². The van der Waals surface area contributed by atoms with Crippen LogP contribution in [0.3, 0.4) is 0 Å². The molecule has 1 fully saturated rings. The number of rotatable bonds is 4. The molecule has 1 aromatic heterocycles. The molecule has 1 aromatic rings. The Morgan fingerprint density at radius 2 is 2.50 bits per heavy atom. The van der Waals surface area contributed by atoms with Crippen molar-refractivity contribution < 1.29 is 4.79 Å². The van der Waals surface area contributed by atoms with Gasteiger partial charge in [0, 0.05) is 18.0 Å². The van der Waals surface area contributed by atoms with E-state index in [4.69, 9.17) is 5.84 Å². The van der Waals surface area contributed by atoms with Gasteiger partial charge in [-0.15, -0.1) is 11.3 Å². The summed E-state index contributed by atoms with van der Waals surface area (Å²) in [5.74, 6) is 4.73. The van der Waals surface area contributed by atoms with Crippen molar-refractivity contribution in [3.8, 4) is 0 Å². The number of hydrogen-bond donors (Lipinski definition) is 2. The fourth-order valence-electron chi connectivity index (χ4n) is 1.76. The van der Waals surface area contributed by atoms with E-state index >= 15 is 0 Å². The van der Waals surface area contributed by atoms with Crippen LogP contribution in [0, 0.1) is 0 Å². The van der Waals surface area contributed by atoms with Crippen LogP contribution in [-0.4, -0.2) is 28.9 Å². The van der Waals surface area contributed by atoms with E-state index in [2.05, 4.69) is 22.4 Å². The van der Waals surface area contributed by atoms with Crippen molar-refractivity contribution in [1.82, 2.24) is 15.3 Å². The molecule has 0 unspecified atom stereocenters. The molecule has 88 valence electrons. The standard InChI is InChI=1S/C10H16N4OS/c1-14(8-3-2-4-8)5-7-6-16-10(12-7)9(15)13-11/h6,8H,2-5,11H2,1H3,(H,13,15). The van der Waals surface area contributed by atoms with E-state index in [-0.39, 0.29) is 5.91 Å². The number of nitrogens with two attached hydrogens (primary N) is 1. The van der Waals surface area contributed by atoms with Gasteiger partial charge in [-0.2, -0.15) is 0 Å². The molecule has 1 saturated carbocycles. The summed E-state index contributed by atoms with van der Waals surface area (Å²) in [6, 6.07) is 0.688. The predicted octanol–water partition coefficient (Wildman–Crippen LogP) is 0.731. The van der Waals surface area contributed by atoms with Gasteiger partial charge in [0.1, 0.15) is 0 Å². The smallest absolute Gasteiger partial charge is 0.294 e. The highest BCUT2D eigenvalue weighted by Crippen LogP contribution is 2.25. The van der Waals surface area contributed by atoms with Gasteiger partial charge in [-0.3, -0.25) is 15.1 Å². The molecule has 2 rings (SSSR count). The molecule has 6 heteroatoms. The third kappa shape index (κ3) is 2.40. The summed E-state index contributed by atoms with van der Waals surface area (Å²) in [4.78, 5) is 17.8. The minimum Gasteiger partial charge on any atom is -0.298 e. The van der Waals surface area contributed by atoms with Gasteiger partial charge < -0.3 is 0 Å². The summed E-state index contributed by atoms with van der Waals surface area (Å²) < 4.78 is 0. The van der Waals surface area contributed by atoms with Gasteiger partial charge in [0.2, 0.25) is 0 Å². The molecule has 0 bridgehead atoms. The van der Waals surface area contributed by atoms with Crippen LogP contribution in [0.1, 0.15) is 34.8 Å². The first-order chi connectivity index (χ1) is 7.70. The van der Waals surface area contributed by atoms with Crippen molar-refractivity contribution >= 4 is 17.2 Å². The van der Waals surface area contributed by atoms with E-state index in [1.165, 1.54) is 30.6 Å². The molecule has 0 aliphatic heterocycles. The molecule has 5 nitrogen and oxygen atoms in total. The van der Waals surface area contributed by atoms with Gasteiger partial charge in [0.15, 0.2) is 5.01 Å². The number of carbonyl (C=O) groups excluding carboxylic acids is 1. The third-order valence-corrected chi connectivity index (χ3v) is 3.88. The largest absolute Gasteiger partial charge is 0.298 e. The van der Waals surface area contributed by atoms with Gasteiger partial charge in [0.05, 0.1) is 5.69 Å². The van der Waals surface area contributed by atoms with E-state index in [1.54, 1.807) is 0 Å². The van der Waals surface area contributed by atoms with Crippen molar-refractivity contribution in [2.24, 2.45) is 5.84 Å². The number of thiazole rings is 1. The molecular weight excluding hydrogens is 224 g/mol. The maximum absolute atomic E-state index is 11.2. The first-order valence-corrected chi connectivity index (χ1v) is 6.24. The Balaban J connectivity index is 1.93. The lowest BCUT2D eigenvalue weighted by Gasteiger charge is -2.34. The molecule has 1 aliphatic carbocycles. The number of aromatic nitrogens is 1. The Kier molecular flexibility index (Phi) is 3.52. The zero-order chi connectivity index (χ0) is 11.5. The summed E-state index contributed by atoms with van der Waals surface area (Å²) in [6.07, 6.45) is 3.88. The summed E-state index contributed by atoms with van der Waals surface area (Å²) in [7, 11) is 2.10. The average molecular weight is 240 g/mol. The number of carbonyl (C=O) groups is 1. The van der Waals surface area contributed by atoms with Crippen molar-refractivity contribution in [3.05, 3.63) is 16.1 Å². The second kappa shape index (κ2) is 4.90. The lowest BCUT2D eigenvalue weighted by atomic mass is 9.92. The zero-order valence-electron chi connectivity index (χ0n) is 9.27. The molecule has 1 aliphatic rings. The topological polar surface area (TPSA) is 71.2 Å². The predicted molar refractivity (Wildman–Crippen MR) is 62.9 cm³/mol. The van der Waals surface area contributed by atoms with Crippen molar-refractivity contribution in [1.29, 1.82) is 0 Å². The fourth-order valence-corrected chi connectivity index (χ4v) is 2.47. The maximum atomic E-state index is 11.2. The normalized spacial score (nSPS) is 16.2. The highest BCUT2D eigenvalue weighted by molar-refractivity contribution is 7.11. The molecule has 1 amide bonds. The van der Waals surface area contributed by atoms with Gasteiger partial charge in [0.25, 0.3) is 5.91 Å². The molecular formula is C10H16N4OS. The van der Waals surface area contributed by atoms with Crippen LogP contribution < -0.4 is 11.3 Å². The molecule has 0 spiro atoms. The summed E-state index contributed by atoms with van der Waals surface area (Å²) >= 11 is 1.33. The number of nitrogens with zero attached hydrogens (tertiary/aromatic N) is 2. The van der Waals surface area contributed by atoms with E-state index in [9.17, 15) is 4.79 Å². The summed E-state index contributed by atoms with van der Waals surface area (Å²) in [5, 5.41) is 2.35. The van der Waals surface area contributed by atoms with Crippen LogP contribution in [0.2, 0.25) is 0 Å². The zero-order valence-corrected chi connectivity index (χ0v) is 10.1. The fraction of sp³-hybridized carbons (Fsp3) is 0.600. The van der Waals surface area contributed by atoms with Crippen LogP contribution in [0.15, 0.2) is 5.38 Å². The van der Waals surface area contributed by atoms with Crippen LogP contribution in [0.4, 0.5) is 0 Å². The van der Waals surface area contributed by atoms with Crippen LogP contribution in [-0.2, 0) is 6.54 Å². The van der Waals surface area contributed by atoms with Crippen LogP contribution in [0.25, 0.3) is 0 Å².